The van der Waals surface area contributed by atoms with E-state index in [1.54, 1.807) is 6.26 Å². The summed E-state index contributed by atoms with van der Waals surface area (Å²) in [4.78, 5) is 12.5. The molecule has 2 aromatic heterocycles. The minimum atomic E-state index is -0.0951. The number of amides is 1. The fourth-order valence-corrected chi connectivity index (χ4v) is 3.64. The summed E-state index contributed by atoms with van der Waals surface area (Å²) >= 11 is 1.33. The number of hydrogen-bond donors (Lipinski definition) is 1. The van der Waals surface area contributed by atoms with Crippen LogP contribution in [0.25, 0.3) is 17.3 Å². The second-order valence-electron chi connectivity index (χ2n) is 6.61. The number of aryl methyl sites for hydroxylation is 2. The molecule has 0 fully saturated rings. The summed E-state index contributed by atoms with van der Waals surface area (Å²) in [6, 6.07) is 19.4. The zero-order valence-corrected chi connectivity index (χ0v) is 16.9. The maximum Gasteiger partial charge on any atom is 0.234 e. The number of carbonyl (C=O) groups is 1. The van der Waals surface area contributed by atoms with Gasteiger partial charge in [0.25, 0.3) is 0 Å². The molecule has 2 heterocycles. The number of rotatable bonds is 6. The second kappa shape index (κ2) is 8.36. The topological polar surface area (TPSA) is 73.0 Å². The molecule has 1 amide bonds. The van der Waals surface area contributed by atoms with E-state index in [1.165, 1.54) is 11.8 Å². The Kier molecular flexibility index (Phi) is 5.48. The first-order valence-corrected chi connectivity index (χ1v) is 10.1. The summed E-state index contributed by atoms with van der Waals surface area (Å²) in [6.45, 7) is 4.00. The highest BCUT2D eigenvalue weighted by atomic mass is 32.2. The van der Waals surface area contributed by atoms with Crippen LogP contribution in [0.5, 0.6) is 0 Å². The number of thioether (sulfide) groups is 1. The Morgan fingerprint density at radius 2 is 1.83 bits per heavy atom. The Bertz CT molecular complexity index is 1120. The lowest BCUT2D eigenvalue weighted by molar-refractivity contribution is -0.113. The maximum atomic E-state index is 12.5. The molecule has 0 saturated carbocycles. The van der Waals surface area contributed by atoms with E-state index < -0.39 is 0 Å². The number of furan rings is 1. The number of nitrogens with one attached hydrogen (secondary N) is 1. The van der Waals surface area contributed by atoms with Crippen molar-refractivity contribution >= 4 is 23.4 Å². The Hall–Kier alpha value is -3.32. The van der Waals surface area contributed by atoms with Crippen molar-refractivity contribution in [2.24, 2.45) is 0 Å². The van der Waals surface area contributed by atoms with Crippen LogP contribution in [0.2, 0.25) is 0 Å². The lowest BCUT2D eigenvalue weighted by atomic mass is 10.2. The van der Waals surface area contributed by atoms with Gasteiger partial charge in [-0.15, -0.1) is 10.2 Å². The molecule has 0 radical (unpaired) electrons. The van der Waals surface area contributed by atoms with E-state index in [4.69, 9.17) is 4.42 Å². The van der Waals surface area contributed by atoms with Crippen LogP contribution in [0, 0.1) is 13.8 Å². The van der Waals surface area contributed by atoms with Gasteiger partial charge in [0.15, 0.2) is 10.9 Å². The largest absolute Gasteiger partial charge is 0.461 e. The molecule has 0 aliphatic heterocycles. The summed E-state index contributed by atoms with van der Waals surface area (Å²) in [5.74, 6) is 1.34. The van der Waals surface area contributed by atoms with Gasteiger partial charge in [0.2, 0.25) is 11.7 Å². The molecule has 6 nitrogen and oxygen atoms in total. The Morgan fingerprint density at radius 1 is 1.03 bits per heavy atom. The number of aromatic nitrogens is 3. The van der Waals surface area contributed by atoms with Gasteiger partial charge in [-0.25, -0.2) is 0 Å². The third-order valence-corrected chi connectivity index (χ3v) is 5.35. The molecule has 29 heavy (non-hydrogen) atoms. The van der Waals surface area contributed by atoms with Gasteiger partial charge in [-0.05, 0) is 49.7 Å². The quantitative estimate of drug-likeness (QED) is 0.464. The summed E-state index contributed by atoms with van der Waals surface area (Å²) in [6.07, 6.45) is 1.60. The van der Waals surface area contributed by atoms with E-state index in [2.05, 4.69) is 15.5 Å². The molecular weight excluding hydrogens is 384 g/mol. The van der Waals surface area contributed by atoms with Crippen LogP contribution in [0.4, 0.5) is 5.69 Å². The number of para-hydroxylation sites is 1. The zero-order chi connectivity index (χ0) is 20.2. The van der Waals surface area contributed by atoms with E-state index in [1.807, 2.05) is 79.1 Å². The maximum absolute atomic E-state index is 12.5. The van der Waals surface area contributed by atoms with Crippen molar-refractivity contribution in [2.45, 2.75) is 19.0 Å². The monoisotopic (exact) mass is 404 g/mol. The van der Waals surface area contributed by atoms with Gasteiger partial charge in [-0.3, -0.25) is 9.36 Å². The molecule has 0 aliphatic rings. The fraction of sp³-hybridized carbons (Fsp3) is 0.136. The van der Waals surface area contributed by atoms with Crippen LogP contribution in [-0.4, -0.2) is 26.4 Å². The molecule has 0 saturated heterocycles. The van der Waals surface area contributed by atoms with E-state index in [-0.39, 0.29) is 11.7 Å². The van der Waals surface area contributed by atoms with Crippen molar-refractivity contribution in [2.75, 3.05) is 11.1 Å². The molecule has 0 unspecified atom stereocenters. The summed E-state index contributed by atoms with van der Waals surface area (Å²) in [5.41, 5.74) is 3.91. The first-order valence-electron chi connectivity index (χ1n) is 9.16. The van der Waals surface area contributed by atoms with Gasteiger partial charge >= 0.3 is 0 Å². The van der Waals surface area contributed by atoms with Gasteiger partial charge in [0.1, 0.15) is 0 Å². The van der Waals surface area contributed by atoms with Crippen LogP contribution < -0.4 is 5.32 Å². The standard InChI is InChI=1S/C22H20N4O2S/c1-15-9-11-17(12-10-15)26-21(19-8-5-13-28-19)24-25-22(26)29-14-20(27)23-18-7-4-3-6-16(18)2/h3-13H,14H2,1-2H3,(H,23,27). The van der Waals surface area contributed by atoms with Crippen molar-refractivity contribution in [1.82, 2.24) is 14.8 Å². The van der Waals surface area contributed by atoms with Crippen LogP contribution in [0.15, 0.2) is 76.5 Å². The molecule has 0 atom stereocenters. The van der Waals surface area contributed by atoms with Gasteiger partial charge in [-0.1, -0.05) is 47.7 Å². The van der Waals surface area contributed by atoms with Gasteiger partial charge in [0, 0.05) is 11.4 Å². The van der Waals surface area contributed by atoms with Crippen LogP contribution in [0.1, 0.15) is 11.1 Å². The Labute approximate surface area is 173 Å². The van der Waals surface area contributed by atoms with Crippen LogP contribution in [-0.2, 0) is 4.79 Å². The number of anilines is 1. The molecule has 0 aliphatic carbocycles. The highest BCUT2D eigenvalue weighted by Crippen LogP contribution is 2.28. The fourth-order valence-electron chi connectivity index (χ4n) is 2.88. The first kappa shape index (κ1) is 19.0. The van der Waals surface area contributed by atoms with Gasteiger partial charge in [0.05, 0.1) is 12.0 Å². The smallest absolute Gasteiger partial charge is 0.234 e. The predicted molar refractivity (Wildman–Crippen MR) is 114 cm³/mol. The second-order valence-corrected chi connectivity index (χ2v) is 7.55. The SMILES string of the molecule is Cc1ccc(-n2c(SCC(=O)Nc3ccccc3C)nnc2-c2ccco2)cc1. The summed E-state index contributed by atoms with van der Waals surface area (Å²) < 4.78 is 7.43. The average molecular weight is 404 g/mol. The van der Waals surface area contributed by atoms with E-state index in [0.29, 0.717) is 16.7 Å². The number of carbonyl (C=O) groups excluding carboxylic acids is 1. The highest BCUT2D eigenvalue weighted by molar-refractivity contribution is 7.99. The lowest BCUT2D eigenvalue weighted by Crippen LogP contribution is -2.15. The third-order valence-electron chi connectivity index (χ3n) is 4.42. The van der Waals surface area contributed by atoms with Gasteiger partial charge in [-0.2, -0.15) is 0 Å². The van der Waals surface area contributed by atoms with Crippen LogP contribution >= 0.6 is 11.8 Å². The molecular formula is C22H20N4O2S. The lowest BCUT2D eigenvalue weighted by Gasteiger charge is -2.10. The minimum absolute atomic E-state index is 0.0951. The predicted octanol–water partition coefficient (Wildman–Crippen LogP) is 4.87. The summed E-state index contributed by atoms with van der Waals surface area (Å²) in [7, 11) is 0. The molecule has 2 aromatic carbocycles. The van der Waals surface area contributed by atoms with Crippen molar-refractivity contribution < 1.29 is 9.21 Å². The average Bonchev–Trinajstić information content (AvgIpc) is 3.38. The van der Waals surface area contributed by atoms with Gasteiger partial charge < -0.3 is 9.73 Å². The van der Waals surface area contributed by atoms with Crippen molar-refractivity contribution in [3.63, 3.8) is 0 Å². The molecule has 146 valence electrons. The molecule has 1 N–H and O–H groups in total. The number of benzene rings is 2. The van der Waals surface area contributed by atoms with Crippen molar-refractivity contribution in [3.8, 4) is 17.3 Å². The summed E-state index contributed by atoms with van der Waals surface area (Å²) in [5, 5.41) is 12.2. The van der Waals surface area contributed by atoms with E-state index in [0.717, 1.165) is 22.5 Å². The third kappa shape index (κ3) is 4.25. The minimum Gasteiger partial charge on any atom is -0.461 e. The molecule has 4 aromatic rings. The first-order chi connectivity index (χ1) is 14.1. The normalized spacial score (nSPS) is 10.8. The number of hydrogen-bond acceptors (Lipinski definition) is 5. The number of nitrogens with zero attached hydrogens (tertiary/aromatic N) is 3. The molecule has 0 spiro atoms. The van der Waals surface area contributed by atoms with E-state index in [9.17, 15) is 4.79 Å². The van der Waals surface area contributed by atoms with Crippen molar-refractivity contribution in [3.05, 3.63) is 78.1 Å². The molecule has 4 rings (SSSR count). The Balaban J connectivity index is 1.58. The van der Waals surface area contributed by atoms with Crippen molar-refractivity contribution in [1.29, 1.82) is 0 Å². The molecule has 0 bridgehead atoms. The zero-order valence-electron chi connectivity index (χ0n) is 16.1. The Morgan fingerprint density at radius 3 is 2.55 bits per heavy atom. The highest BCUT2D eigenvalue weighted by Gasteiger charge is 2.19. The molecule has 7 heteroatoms. The van der Waals surface area contributed by atoms with Crippen LogP contribution in [0.3, 0.4) is 0 Å². The van der Waals surface area contributed by atoms with E-state index >= 15 is 0 Å².